The molecule has 3 aromatic rings. The summed E-state index contributed by atoms with van der Waals surface area (Å²) in [5, 5.41) is 18.8. The van der Waals surface area contributed by atoms with E-state index in [0.717, 1.165) is 11.1 Å². The van der Waals surface area contributed by atoms with Gasteiger partial charge in [-0.1, -0.05) is 79.4 Å². The van der Waals surface area contributed by atoms with E-state index in [2.05, 4.69) is 6.58 Å². The standard InChI is InChI=1S/C14H12O.C10H10O3/c15-14-9-5-4-8-13(14)11-10-12-6-2-1-3-7-12;1-7(2)10(12)13-9-6-4-3-5-8(9)11/h1-11,15H;3-6,11H,1H2,2H3. The molecule has 2 N–H and O–H groups in total. The Morgan fingerprint density at radius 3 is 2.00 bits per heavy atom. The van der Waals surface area contributed by atoms with Gasteiger partial charge in [-0.15, -0.1) is 0 Å². The Bertz CT molecular complexity index is 959. The SMILES string of the molecule is C=C(C)C(=O)Oc1ccccc1O.Oc1ccccc1C=Cc1ccccc1. The van der Waals surface area contributed by atoms with E-state index in [0.29, 0.717) is 11.3 Å². The normalized spacial score (nSPS) is 10.0. The van der Waals surface area contributed by atoms with Crippen molar-refractivity contribution in [1.82, 2.24) is 0 Å². The Hall–Kier alpha value is -3.79. The highest BCUT2D eigenvalue weighted by Gasteiger charge is 2.07. The first-order valence-electron chi connectivity index (χ1n) is 8.64. The predicted molar refractivity (Wildman–Crippen MR) is 112 cm³/mol. The summed E-state index contributed by atoms with van der Waals surface area (Å²) < 4.78 is 4.82. The number of rotatable bonds is 4. The molecule has 0 fully saturated rings. The van der Waals surface area contributed by atoms with Crippen molar-refractivity contribution in [3.63, 3.8) is 0 Å². The molecule has 4 heteroatoms. The number of carbonyl (C=O) groups is 1. The van der Waals surface area contributed by atoms with Crippen LogP contribution < -0.4 is 4.74 Å². The van der Waals surface area contributed by atoms with Gasteiger partial charge in [0.05, 0.1) is 0 Å². The highest BCUT2D eigenvalue weighted by atomic mass is 16.5. The van der Waals surface area contributed by atoms with Gasteiger partial charge in [0.15, 0.2) is 11.5 Å². The summed E-state index contributed by atoms with van der Waals surface area (Å²) in [6, 6.07) is 23.6. The summed E-state index contributed by atoms with van der Waals surface area (Å²) >= 11 is 0. The third-order valence-electron chi connectivity index (χ3n) is 3.61. The van der Waals surface area contributed by atoms with Crippen molar-refractivity contribution >= 4 is 18.1 Å². The fourth-order valence-electron chi connectivity index (χ4n) is 2.11. The first-order chi connectivity index (χ1) is 13.5. The van der Waals surface area contributed by atoms with Gasteiger partial charge in [0.1, 0.15) is 5.75 Å². The number of hydrogen-bond acceptors (Lipinski definition) is 4. The highest BCUT2D eigenvalue weighted by Crippen LogP contribution is 2.24. The van der Waals surface area contributed by atoms with Crippen LogP contribution in [0.2, 0.25) is 0 Å². The molecular weight excluding hydrogens is 352 g/mol. The number of phenolic OH excluding ortho intramolecular Hbond substituents is 2. The van der Waals surface area contributed by atoms with Crippen molar-refractivity contribution in [3.8, 4) is 17.2 Å². The lowest BCUT2D eigenvalue weighted by Gasteiger charge is -2.04. The average Bonchev–Trinajstić information content (AvgIpc) is 2.70. The maximum atomic E-state index is 11.0. The lowest BCUT2D eigenvalue weighted by Crippen LogP contribution is -2.08. The maximum Gasteiger partial charge on any atom is 0.338 e. The molecule has 0 atom stereocenters. The summed E-state index contributed by atoms with van der Waals surface area (Å²) in [5.41, 5.74) is 2.25. The Labute approximate surface area is 164 Å². The summed E-state index contributed by atoms with van der Waals surface area (Å²) in [4.78, 5) is 11.0. The molecule has 0 spiro atoms. The number of esters is 1. The Kier molecular flexibility index (Phi) is 7.61. The number of aromatic hydroxyl groups is 2. The summed E-state index contributed by atoms with van der Waals surface area (Å²) in [5.74, 6) is -0.140. The molecule has 0 saturated carbocycles. The average molecular weight is 374 g/mol. The zero-order valence-electron chi connectivity index (χ0n) is 15.6. The number of carbonyl (C=O) groups excluding carboxylic acids is 1. The van der Waals surface area contributed by atoms with Crippen LogP contribution in [0.4, 0.5) is 0 Å². The minimum atomic E-state index is -0.540. The molecule has 0 aliphatic carbocycles. The number of benzene rings is 3. The molecule has 0 unspecified atom stereocenters. The molecule has 3 rings (SSSR count). The molecule has 0 aliphatic heterocycles. The zero-order valence-corrected chi connectivity index (χ0v) is 15.6. The van der Waals surface area contributed by atoms with Crippen LogP contribution in [-0.2, 0) is 4.79 Å². The van der Waals surface area contributed by atoms with Crippen LogP contribution >= 0.6 is 0 Å². The topological polar surface area (TPSA) is 66.8 Å². The quantitative estimate of drug-likeness (QED) is 0.276. The lowest BCUT2D eigenvalue weighted by molar-refractivity contribution is -0.130. The van der Waals surface area contributed by atoms with E-state index in [1.165, 1.54) is 12.1 Å². The molecule has 142 valence electrons. The van der Waals surface area contributed by atoms with Crippen LogP contribution in [0.15, 0.2) is 91.0 Å². The van der Waals surface area contributed by atoms with Crippen LogP contribution in [0.1, 0.15) is 18.1 Å². The smallest absolute Gasteiger partial charge is 0.338 e. The minimum Gasteiger partial charge on any atom is -0.507 e. The van der Waals surface area contributed by atoms with Crippen molar-refractivity contribution in [3.05, 3.63) is 102 Å². The molecule has 4 nitrogen and oxygen atoms in total. The van der Waals surface area contributed by atoms with Crippen LogP contribution in [0, 0.1) is 0 Å². The van der Waals surface area contributed by atoms with E-state index in [1.54, 1.807) is 25.1 Å². The molecule has 0 amide bonds. The van der Waals surface area contributed by atoms with Gasteiger partial charge in [0.25, 0.3) is 0 Å². The van der Waals surface area contributed by atoms with Crippen molar-refractivity contribution in [2.75, 3.05) is 0 Å². The van der Waals surface area contributed by atoms with E-state index < -0.39 is 5.97 Å². The Balaban J connectivity index is 0.000000203. The number of para-hydroxylation sites is 3. The molecule has 0 saturated heterocycles. The first kappa shape index (κ1) is 20.5. The molecule has 0 heterocycles. The predicted octanol–water partition coefficient (Wildman–Crippen LogP) is 5.44. The van der Waals surface area contributed by atoms with Crippen LogP contribution in [-0.4, -0.2) is 16.2 Å². The highest BCUT2D eigenvalue weighted by molar-refractivity contribution is 5.89. The van der Waals surface area contributed by atoms with Crippen LogP contribution in [0.25, 0.3) is 12.2 Å². The second kappa shape index (κ2) is 10.4. The van der Waals surface area contributed by atoms with Gasteiger partial charge in [-0.05, 0) is 30.7 Å². The molecule has 3 aromatic carbocycles. The molecule has 28 heavy (non-hydrogen) atoms. The third-order valence-corrected chi connectivity index (χ3v) is 3.61. The number of phenols is 2. The first-order valence-corrected chi connectivity index (χ1v) is 8.64. The fraction of sp³-hybridized carbons (Fsp3) is 0.0417. The van der Waals surface area contributed by atoms with E-state index >= 15 is 0 Å². The minimum absolute atomic E-state index is 0.0582. The largest absolute Gasteiger partial charge is 0.507 e. The summed E-state index contributed by atoms with van der Waals surface area (Å²) in [6.45, 7) is 4.97. The summed E-state index contributed by atoms with van der Waals surface area (Å²) in [6.07, 6.45) is 3.89. The Morgan fingerprint density at radius 2 is 1.39 bits per heavy atom. The second-order valence-electron chi connectivity index (χ2n) is 5.94. The molecule has 0 aliphatic rings. The zero-order chi connectivity index (χ0) is 20.4. The van der Waals surface area contributed by atoms with Gasteiger partial charge < -0.3 is 14.9 Å². The van der Waals surface area contributed by atoms with Crippen molar-refractivity contribution in [1.29, 1.82) is 0 Å². The molecule has 0 radical (unpaired) electrons. The maximum absolute atomic E-state index is 11.0. The van der Waals surface area contributed by atoms with Crippen molar-refractivity contribution < 1.29 is 19.7 Å². The third kappa shape index (κ3) is 6.50. The van der Waals surface area contributed by atoms with E-state index in [-0.39, 0.29) is 11.5 Å². The van der Waals surface area contributed by atoms with Gasteiger partial charge in [-0.2, -0.15) is 0 Å². The molecule has 0 bridgehead atoms. The number of ether oxygens (including phenoxy) is 1. The van der Waals surface area contributed by atoms with Gasteiger partial charge >= 0.3 is 5.97 Å². The van der Waals surface area contributed by atoms with Crippen molar-refractivity contribution in [2.45, 2.75) is 6.92 Å². The second-order valence-corrected chi connectivity index (χ2v) is 5.94. The van der Waals surface area contributed by atoms with Gasteiger partial charge in [0.2, 0.25) is 0 Å². The Morgan fingerprint density at radius 1 is 0.821 bits per heavy atom. The van der Waals surface area contributed by atoms with E-state index in [1.807, 2.05) is 60.7 Å². The van der Waals surface area contributed by atoms with Gasteiger partial charge in [0, 0.05) is 11.1 Å². The number of hydrogen-bond donors (Lipinski definition) is 2. The van der Waals surface area contributed by atoms with Crippen molar-refractivity contribution in [2.24, 2.45) is 0 Å². The van der Waals surface area contributed by atoms with Crippen LogP contribution in [0.3, 0.4) is 0 Å². The van der Waals surface area contributed by atoms with E-state index in [9.17, 15) is 15.0 Å². The van der Waals surface area contributed by atoms with Crippen LogP contribution in [0.5, 0.6) is 17.2 Å². The monoisotopic (exact) mass is 374 g/mol. The van der Waals surface area contributed by atoms with Gasteiger partial charge in [-0.3, -0.25) is 0 Å². The molecular formula is C24H22O4. The summed E-state index contributed by atoms with van der Waals surface area (Å²) in [7, 11) is 0. The molecule has 0 aromatic heterocycles. The lowest BCUT2D eigenvalue weighted by atomic mass is 10.1. The van der Waals surface area contributed by atoms with E-state index in [4.69, 9.17) is 4.74 Å². The fourth-order valence-corrected chi connectivity index (χ4v) is 2.11. The van der Waals surface area contributed by atoms with Gasteiger partial charge in [-0.25, -0.2) is 4.79 Å².